The van der Waals surface area contributed by atoms with Gasteiger partial charge in [-0.25, -0.2) is 0 Å². The van der Waals surface area contributed by atoms with Crippen molar-refractivity contribution in [2.75, 3.05) is 6.54 Å². The number of rotatable bonds is 4. The molecule has 0 bridgehead atoms. The van der Waals surface area contributed by atoms with Crippen LogP contribution >= 0.6 is 0 Å². The highest BCUT2D eigenvalue weighted by molar-refractivity contribution is 5.94. The highest BCUT2D eigenvalue weighted by atomic mass is 19.4. The summed E-state index contributed by atoms with van der Waals surface area (Å²) in [6.45, 7) is 0.480. The van der Waals surface area contributed by atoms with Crippen molar-refractivity contribution in [3.05, 3.63) is 30.1 Å². The van der Waals surface area contributed by atoms with Crippen molar-refractivity contribution in [1.29, 1.82) is 0 Å². The molecule has 1 aromatic heterocycles. The van der Waals surface area contributed by atoms with Crippen LogP contribution in [-0.2, 0) is 0 Å². The van der Waals surface area contributed by atoms with Crippen molar-refractivity contribution >= 4 is 5.91 Å². The van der Waals surface area contributed by atoms with Gasteiger partial charge in [0.1, 0.15) is 6.54 Å². The van der Waals surface area contributed by atoms with Gasteiger partial charge in [-0.15, -0.1) is 0 Å². The van der Waals surface area contributed by atoms with Crippen molar-refractivity contribution in [3.8, 4) is 0 Å². The van der Waals surface area contributed by atoms with Gasteiger partial charge in [0.15, 0.2) is 0 Å². The van der Waals surface area contributed by atoms with Gasteiger partial charge in [-0.1, -0.05) is 0 Å². The lowest BCUT2D eigenvalue weighted by molar-refractivity contribution is -0.144. The predicted molar refractivity (Wildman–Crippen MR) is 63.5 cm³/mol. The van der Waals surface area contributed by atoms with Crippen LogP contribution in [0.3, 0.4) is 0 Å². The molecule has 0 spiro atoms. The number of hydrogen-bond donors (Lipinski definition) is 0. The lowest BCUT2D eigenvalue weighted by Crippen LogP contribution is -2.45. The zero-order chi connectivity index (χ0) is 14.0. The van der Waals surface area contributed by atoms with Crippen molar-refractivity contribution in [2.45, 2.75) is 32.0 Å². The molecule has 104 valence electrons. The van der Waals surface area contributed by atoms with Crippen LogP contribution in [0.15, 0.2) is 24.5 Å². The maximum atomic E-state index is 12.6. The van der Waals surface area contributed by atoms with Crippen molar-refractivity contribution in [1.82, 2.24) is 9.88 Å². The number of nitrogens with zero attached hydrogens (tertiary/aromatic N) is 2. The summed E-state index contributed by atoms with van der Waals surface area (Å²) in [5.41, 5.74) is 0.242. The van der Waals surface area contributed by atoms with E-state index in [0.717, 1.165) is 17.7 Å². The average Bonchev–Trinajstić information content (AvgIpc) is 3.18. The standard InChI is InChI=1S/C13H15F3N2O/c1-9(10-2-3-10)18(8-13(14,15)16)12(19)11-4-6-17-7-5-11/h4-7,9-10H,2-3,8H2,1H3/t9-/m1/s1. The highest BCUT2D eigenvalue weighted by Crippen LogP contribution is 2.36. The van der Waals surface area contributed by atoms with Gasteiger partial charge in [-0.3, -0.25) is 9.78 Å². The molecule has 1 atom stereocenters. The summed E-state index contributed by atoms with van der Waals surface area (Å²) in [5, 5.41) is 0. The van der Waals surface area contributed by atoms with Crippen LogP contribution in [0.5, 0.6) is 0 Å². The van der Waals surface area contributed by atoms with Crippen LogP contribution in [0.1, 0.15) is 30.1 Å². The summed E-state index contributed by atoms with van der Waals surface area (Å²) >= 11 is 0. The Labute approximate surface area is 109 Å². The molecule has 0 radical (unpaired) electrons. The molecule has 1 saturated carbocycles. The lowest BCUT2D eigenvalue weighted by atomic mass is 10.1. The first-order valence-electron chi connectivity index (χ1n) is 6.16. The molecule has 1 aromatic rings. The van der Waals surface area contributed by atoms with Crippen molar-refractivity contribution in [3.63, 3.8) is 0 Å². The molecule has 19 heavy (non-hydrogen) atoms. The van der Waals surface area contributed by atoms with Crippen LogP contribution < -0.4 is 0 Å². The van der Waals surface area contributed by atoms with E-state index in [1.807, 2.05) is 0 Å². The summed E-state index contributed by atoms with van der Waals surface area (Å²) in [6.07, 6.45) is 0.200. The topological polar surface area (TPSA) is 33.2 Å². The summed E-state index contributed by atoms with van der Waals surface area (Å²) in [4.78, 5) is 16.9. The molecule has 1 amide bonds. The molecule has 3 nitrogen and oxygen atoms in total. The summed E-state index contributed by atoms with van der Waals surface area (Å²) in [7, 11) is 0. The zero-order valence-electron chi connectivity index (χ0n) is 10.5. The Kier molecular flexibility index (Phi) is 3.78. The van der Waals surface area contributed by atoms with Crippen LogP contribution in [0, 0.1) is 5.92 Å². The van der Waals surface area contributed by atoms with Gasteiger partial charge in [0.25, 0.3) is 5.91 Å². The van der Waals surface area contributed by atoms with Gasteiger partial charge in [0, 0.05) is 24.0 Å². The first-order valence-corrected chi connectivity index (χ1v) is 6.16. The average molecular weight is 272 g/mol. The molecule has 1 aliphatic carbocycles. The van der Waals surface area contributed by atoms with Gasteiger partial charge in [-0.05, 0) is 37.8 Å². The number of amides is 1. The molecule has 1 fully saturated rings. The molecule has 1 aliphatic rings. The van der Waals surface area contributed by atoms with Crippen molar-refractivity contribution < 1.29 is 18.0 Å². The van der Waals surface area contributed by atoms with E-state index in [9.17, 15) is 18.0 Å². The minimum Gasteiger partial charge on any atom is -0.327 e. The van der Waals surface area contributed by atoms with Crippen LogP contribution in [-0.4, -0.2) is 34.6 Å². The van der Waals surface area contributed by atoms with Gasteiger partial charge >= 0.3 is 6.18 Å². The number of alkyl halides is 3. The minimum atomic E-state index is -4.38. The number of aromatic nitrogens is 1. The number of hydrogen-bond acceptors (Lipinski definition) is 2. The first kappa shape index (κ1) is 13.8. The number of halogens is 3. The minimum absolute atomic E-state index is 0.188. The van der Waals surface area contributed by atoms with E-state index >= 15 is 0 Å². The predicted octanol–water partition coefficient (Wildman–Crippen LogP) is 2.88. The van der Waals surface area contributed by atoms with Crippen LogP contribution in [0.25, 0.3) is 0 Å². The third-order valence-corrected chi connectivity index (χ3v) is 3.33. The maximum absolute atomic E-state index is 12.6. The lowest BCUT2D eigenvalue weighted by Gasteiger charge is -2.30. The number of carbonyl (C=O) groups is 1. The smallest absolute Gasteiger partial charge is 0.327 e. The Bertz CT molecular complexity index is 443. The second kappa shape index (κ2) is 5.19. The molecule has 0 unspecified atom stereocenters. The zero-order valence-corrected chi connectivity index (χ0v) is 10.5. The van der Waals surface area contributed by atoms with Crippen LogP contribution in [0.4, 0.5) is 13.2 Å². The Hall–Kier alpha value is -1.59. The normalized spacial score (nSPS) is 17.1. The Morgan fingerprint density at radius 3 is 2.47 bits per heavy atom. The first-order chi connectivity index (χ1) is 8.88. The summed E-state index contributed by atoms with van der Waals surface area (Å²) in [5.74, 6) is -0.396. The van der Waals surface area contributed by atoms with Gasteiger partial charge in [-0.2, -0.15) is 13.2 Å². The Morgan fingerprint density at radius 1 is 1.42 bits per heavy atom. The fraction of sp³-hybridized carbons (Fsp3) is 0.538. The second-order valence-electron chi connectivity index (χ2n) is 4.86. The van der Waals surface area contributed by atoms with Gasteiger partial charge in [0.05, 0.1) is 0 Å². The van der Waals surface area contributed by atoms with E-state index in [1.165, 1.54) is 24.5 Å². The third-order valence-electron chi connectivity index (χ3n) is 3.33. The Balaban J connectivity index is 2.19. The maximum Gasteiger partial charge on any atom is 0.406 e. The number of pyridine rings is 1. The molecule has 1 heterocycles. The number of carbonyl (C=O) groups excluding carboxylic acids is 1. The molecule has 0 N–H and O–H groups in total. The fourth-order valence-electron chi connectivity index (χ4n) is 2.09. The molecule has 0 aromatic carbocycles. The second-order valence-corrected chi connectivity index (χ2v) is 4.86. The van der Waals surface area contributed by atoms with Gasteiger partial charge < -0.3 is 4.90 Å². The monoisotopic (exact) mass is 272 g/mol. The van der Waals surface area contributed by atoms with E-state index in [4.69, 9.17) is 0 Å². The van der Waals surface area contributed by atoms with Crippen LogP contribution in [0.2, 0.25) is 0 Å². The van der Waals surface area contributed by atoms with Crippen molar-refractivity contribution in [2.24, 2.45) is 5.92 Å². The molecule has 2 rings (SSSR count). The van der Waals surface area contributed by atoms with E-state index in [2.05, 4.69) is 4.98 Å². The molecular formula is C13H15F3N2O. The third kappa shape index (κ3) is 3.68. The van der Waals surface area contributed by atoms with E-state index < -0.39 is 18.6 Å². The van der Waals surface area contributed by atoms with Gasteiger partial charge in [0.2, 0.25) is 0 Å². The summed E-state index contributed by atoms with van der Waals surface area (Å²) in [6, 6.07) is 2.48. The SMILES string of the molecule is C[C@H](C1CC1)N(CC(F)(F)F)C(=O)c1ccncc1. The Morgan fingerprint density at radius 2 is 2.00 bits per heavy atom. The van der Waals surface area contributed by atoms with E-state index in [0.29, 0.717) is 0 Å². The molecule has 0 saturated heterocycles. The highest BCUT2D eigenvalue weighted by Gasteiger charge is 2.40. The van der Waals surface area contributed by atoms with E-state index in [1.54, 1.807) is 6.92 Å². The quantitative estimate of drug-likeness (QED) is 0.844. The molecule has 0 aliphatic heterocycles. The summed E-state index contributed by atoms with van der Waals surface area (Å²) < 4.78 is 37.9. The molecular weight excluding hydrogens is 257 g/mol. The molecule has 6 heteroatoms. The largest absolute Gasteiger partial charge is 0.406 e. The van der Waals surface area contributed by atoms with E-state index in [-0.39, 0.29) is 17.5 Å². The fourth-order valence-corrected chi connectivity index (χ4v) is 2.09.